The first-order valence-electron chi connectivity index (χ1n) is 4.14. The van der Waals surface area contributed by atoms with Crippen LogP contribution < -0.4 is 10.5 Å². The minimum absolute atomic E-state index is 0.00595. The number of ether oxygens (including phenoxy) is 1. The van der Waals surface area contributed by atoms with Gasteiger partial charge in [0.15, 0.2) is 0 Å². The zero-order valence-corrected chi connectivity index (χ0v) is 10.9. The minimum Gasteiger partial charge on any atom is -0.494 e. The molecule has 0 fully saturated rings. The fourth-order valence-electron chi connectivity index (χ4n) is 1.13. The first-order valence-corrected chi connectivity index (χ1v) is 5.75. The summed E-state index contributed by atoms with van der Waals surface area (Å²) in [6.07, 6.45) is 0. The van der Waals surface area contributed by atoms with E-state index in [9.17, 15) is 13.2 Å². The van der Waals surface area contributed by atoms with Crippen molar-refractivity contribution in [1.29, 1.82) is 0 Å². The van der Waals surface area contributed by atoms with E-state index in [1.54, 1.807) is 6.92 Å². The van der Waals surface area contributed by atoms with Crippen molar-refractivity contribution in [3.05, 3.63) is 16.1 Å². The maximum atomic E-state index is 12.3. The first kappa shape index (κ1) is 13.5. The van der Waals surface area contributed by atoms with Gasteiger partial charge in [0.1, 0.15) is 5.75 Å². The average Bonchev–Trinajstić information content (AvgIpc) is 2.12. The number of halogens is 4. The second kappa shape index (κ2) is 4.75. The van der Waals surface area contributed by atoms with E-state index in [1.165, 1.54) is 13.2 Å². The number of nitrogen functional groups attached to an aromatic ring is 1. The van der Waals surface area contributed by atoms with E-state index in [1.807, 2.05) is 0 Å². The summed E-state index contributed by atoms with van der Waals surface area (Å²) in [4.78, 5) is -0.00595. The summed E-state index contributed by atoms with van der Waals surface area (Å²) < 4.78 is 42.1. The molecule has 1 aromatic carbocycles. The molecule has 7 heteroatoms. The minimum atomic E-state index is -4.35. The number of methoxy groups -OCH3 is 1. The predicted octanol–water partition coefficient (Wildman–Crippen LogP) is 3.96. The van der Waals surface area contributed by atoms with E-state index in [0.717, 1.165) is 0 Å². The number of hydrogen-bond donors (Lipinski definition) is 1. The molecule has 2 N–H and O–H groups in total. The Balaban J connectivity index is 3.28. The second-order valence-corrected chi connectivity index (χ2v) is 4.90. The monoisotopic (exact) mass is 315 g/mol. The number of anilines is 1. The molecule has 16 heavy (non-hydrogen) atoms. The van der Waals surface area contributed by atoms with Crippen molar-refractivity contribution in [1.82, 2.24) is 0 Å². The lowest BCUT2D eigenvalue weighted by molar-refractivity contribution is -0.0328. The summed E-state index contributed by atoms with van der Waals surface area (Å²) in [6, 6.07) is 1.36. The van der Waals surface area contributed by atoms with Crippen LogP contribution in [0.15, 0.2) is 15.4 Å². The molecule has 0 aromatic heterocycles. The van der Waals surface area contributed by atoms with Gasteiger partial charge in [0, 0.05) is 0 Å². The highest BCUT2D eigenvalue weighted by Gasteiger charge is 2.32. The molecule has 0 amide bonds. The summed E-state index contributed by atoms with van der Waals surface area (Å²) in [5.41, 5.74) is 2.27. The molecule has 0 heterocycles. The van der Waals surface area contributed by atoms with E-state index in [2.05, 4.69) is 15.9 Å². The normalized spacial score (nSPS) is 11.6. The van der Waals surface area contributed by atoms with Gasteiger partial charge in [-0.3, -0.25) is 0 Å². The Hall–Kier alpha value is -0.560. The number of hydrogen-bond acceptors (Lipinski definition) is 3. The van der Waals surface area contributed by atoms with E-state index in [0.29, 0.717) is 15.7 Å². The van der Waals surface area contributed by atoms with Crippen LogP contribution in [0.5, 0.6) is 5.75 Å². The predicted molar refractivity (Wildman–Crippen MR) is 61.8 cm³/mol. The summed E-state index contributed by atoms with van der Waals surface area (Å²) in [7, 11) is 1.30. The SMILES string of the molecule is COc1c(SC(F)(F)F)cc(C)c(N)c1Br. The van der Waals surface area contributed by atoms with Crippen molar-refractivity contribution in [2.75, 3.05) is 12.8 Å². The van der Waals surface area contributed by atoms with Crippen LogP contribution in [0.1, 0.15) is 5.56 Å². The van der Waals surface area contributed by atoms with Crippen LogP contribution in [-0.2, 0) is 0 Å². The Morgan fingerprint density at radius 1 is 1.44 bits per heavy atom. The fraction of sp³-hybridized carbons (Fsp3) is 0.333. The molecule has 0 atom stereocenters. The molecule has 90 valence electrons. The third kappa shape index (κ3) is 2.98. The Morgan fingerprint density at radius 3 is 2.44 bits per heavy atom. The maximum Gasteiger partial charge on any atom is 0.446 e. The van der Waals surface area contributed by atoms with Crippen molar-refractivity contribution < 1.29 is 17.9 Å². The van der Waals surface area contributed by atoms with Crippen LogP contribution in [0.3, 0.4) is 0 Å². The lowest BCUT2D eigenvalue weighted by atomic mass is 10.2. The van der Waals surface area contributed by atoms with Gasteiger partial charge in [-0.2, -0.15) is 13.2 Å². The van der Waals surface area contributed by atoms with E-state index in [4.69, 9.17) is 10.5 Å². The van der Waals surface area contributed by atoms with Gasteiger partial charge >= 0.3 is 5.51 Å². The van der Waals surface area contributed by atoms with Crippen molar-refractivity contribution in [3.8, 4) is 5.75 Å². The molecule has 0 bridgehead atoms. The lowest BCUT2D eigenvalue weighted by Gasteiger charge is -2.15. The number of rotatable bonds is 2. The Labute approximate surface area is 103 Å². The van der Waals surface area contributed by atoms with Gasteiger partial charge in [-0.25, -0.2) is 0 Å². The van der Waals surface area contributed by atoms with Gasteiger partial charge in [0.25, 0.3) is 0 Å². The van der Waals surface area contributed by atoms with Crippen LogP contribution in [-0.4, -0.2) is 12.6 Å². The Kier molecular flexibility index (Phi) is 4.01. The molecule has 1 aromatic rings. The summed E-state index contributed by atoms with van der Waals surface area (Å²) in [5.74, 6) is 0.102. The summed E-state index contributed by atoms with van der Waals surface area (Å²) in [6.45, 7) is 1.64. The molecule has 0 aliphatic carbocycles. The molecular formula is C9H9BrF3NOS. The van der Waals surface area contributed by atoms with Gasteiger partial charge in [-0.15, -0.1) is 0 Å². The van der Waals surface area contributed by atoms with Crippen molar-refractivity contribution in [2.45, 2.75) is 17.3 Å². The van der Waals surface area contributed by atoms with Gasteiger partial charge in [-0.1, -0.05) is 0 Å². The second-order valence-electron chi connectivity index (χ2n) is 3.00. The number of nitrogens with two attached hydrogens (primary N) is 1. The smallest absolute Gasteiger partial charge is 0.446 e. The molecule has 0 aliphatic rings. The molecule has 0 saturated heterocycles. The Bertz CT molecular complexity index is 409. The summed E-state index contributed by atoms with van der Waals surface area (Å²) in [5, 5.41) is 0. The van der Waals surface area contributed by atoms with Crippen LogP contribution >= 0.6 is 27.7 Å². The first-order chi connectivity index (χ1) is 7.26. The highest BCUT2D eigenvalue weighted by atomic mass is 79.9. The number of thioether (sulfide) groups is 1. The lowest BCUT2D eigenvalue weighted by Crippen LogP contribution is -2.02. The third-order valence-electron chi connectivity index (χ3n) is 1.86. The standard InChI is InChI=1S/C9H9BrF3NOS/c1-4-3-5(16-9(11,12)13)8(15-2)6(10)7(4)14/h3H,14H2,1-2H3. The molecule has 0 radical (unpaired) electrons. The van der Waals surface area contributed by atoms with Crippen molar-refractivity contribution >= 4 is 33.4 Å². The molecule has 2 nitrogen and oxygen atoms in total. The van der Waals surface area contributed by atoms with Crippen molar-refractivity contribution in [3.63, 3.8) is 0 Å². The number of aryl methyl sites for hydroxylation is 1. The van der Waals surface area contributed by atoms with Crippen LogP contribution in [0.2, 0.25) is 0 Å². The average molecular weight is 316 g/mol. The van der Waals surface area contributed by atoms with E-state index < -0.39 is 5.51 Å². The summed E-state index contributed by atoms with van der Waals surface area (Å²) >= 11 is 2.90. The maximum absolute atomic E-state index is 12.3. The van der Waals surface area contributed by atoms with Gasteiger partial charge in [0.05, 0.1) is 22.2 Å². The molecule has 0 aliphatic heterocycles. The molecule has 0 unspecified atom stereocenters. The fourth-order valence-corrected chi connectivity index (χ4v) is 2.72. The van der Waals surface area contributed by atoms with Crippen LogP contribution in [0, 0.1) is 6.92 Å². The molecule has 0 saturated carbocycles. The zero-order valence-electron chi connectivity index (χ0n) is 8.48. The highest BCUT2D eigenvalue weighted by molar-refractivity contribution is 9.10. The largest absolute Gasteiger partial charge is 0.494 e. The zero-order chi connectivity index (χ0) is 12.5. The van der Waals surface area contributed by atoms with Gasteiger partial charge in [-0.05, 0) is 46.2 Å². The Morgan fingerprint density at radius 2 is 2.00 bits per heavy atom. The third-order valence-corrected chi connectivity index (χ3v) is 3.40. The topological polar surface area (TPSA) is 35.2 Å². The molecular weight excluding hydrogens is 307 g/mol. The molecule has 1 rings (SSSR count). The van der Waals surface area contributed by atoms with Crippen LogP contribution in [0.25, 0.3) is 0 Å². The van der Waals surface area contributed by atoms with Gasteiger partial charge < -0.3 is 10.5 Å². The van der Waals surface area contributed by atoms with Crippen molar-refractivity contribution in [2.24, 2.45) is 0 Å². The quantitative estimate of drug-likeness (QED) is 0.662. The van der Waals surface area contributed by atoms with E-state index >= 15 is 0 Å². The highest BCUT2D eigenvalue weighted by Crippen LogP contribution is 2.46. The van der Waals surface area contributed by atoms with Gasteiger partial charge in [0.2, 0.25) is 0 Å². The number of alkyl halides is 3. The van der Waals surface area contributed by atoms with E-state index in [-0.39, 0.29) is 22.4 Å². The van der Waals surface area contributed by atoms with Crippen LogP contribution in [0.4, 0.5) is 18.9 Å². The molecule has 0 spiro atoms. The number of benzene rings is 1.